The summed E-state index contributed by atoms with van der Waals surface area (Å²) in [4.78, 5) is 12.1. The van der Waals surface area contributed by atoms with Gasteiger partial charge in [-0.2, -0.15) is 0 Å². The molecule has 1 aromatic rings. The molecule has 0 bridgehead atoms. The van der Waals surface area contributed by atoms with Gasteiger partial charge in [-0.25, -0.2) is 0 Å². The molecule has 1 aliphatic rings. The third-order valence-corrected chi connectivity index (χ3v) is 4.11. The number of rotatable bonds is 5. The molecule has 20 heavy (non-hydrogen) atoms. The molecule has 1 aromatic carbocycles. The Bertz CT molecular complexity index is 427. The second kappa shape index (κ2) is 7.44. The minimum Gasteiger partial charge on any atom is -0.326 e. The molecule has 0 radical (unpaired) electrons. The van der Waals surface area contributed by atoms with E-state index in [4.69, 9.17) is 0 Å². The molecule has 2 unspecified atom stereocenters. The van der Waals surface area contributed by atoms with Gasteiger partial charge in [0, 0.05) is 18.2 Å². The number of nitrogens with one attached hydrogen (secondary N) is 2. The van der Waals surface area contributed by atoms with E-state index < -0.39 is 0 Å². The van der Waals surface area contributed by atoms with Crippen molar-refractivity contribution in [2.45, 2.75) is 52.0 Å². The molecule has 0 saturated carbocycles. The van der Waals surface area contributed by atoms with Gasteiger partial charge in [0.05, 0.1) is 0 Å². The maximum Gasteiger partial charge on any atom is 0.225 e. The van der Waals surface area contributed by atoms with E-state index in [0.717, 1.165) is 25.1 Å². The van der Waals surface area contributed by atoms with Gasteiger partial charge >= 0.3 is 0 Å². The average Bonchev–Trinajstić information content (AvgIpc) is 2.44. The molecule has 1 aliphatic heterocycles. The molecule has 0 spiro atoms. The van der Waals surface area contributed by atoms with Crippen molar-refractivity contribution in [1.82, 2.24) is 5.32 Å². The Morgan fingerprint density at radius 1 is 1.35 bits per heavy atom. The van der Waals surface area contributed by atoms with Gasteiger partial charge in [-0.3, -0.25) is 4.79 Å². The van der Waals surface area contributed by atoms with Gasteiger partial charge in [0.2, 0.25) is 5.91 Å². The maximum atomic E-state index is 12.1. The van der Waals surface area contributed by atoms with E-state index in [1.807, 2.05) is 12.1 Å². The van der Waals surface area contributed by atoms with Gasteiger partial charge in [0.1, 0.15) is 0 Å². The summed E-state index contributed by atoms with van der Waals surface area (Å²) < 4.78 is 0. The van der Waals surface area contributed by atoms with Crippen LogP contribution < -0.4 is 10.6 Å². The number of carbonyl (C=O) groups is 1. The Kier molecular flexibility index (Phi) is 5.60. The second-order valence-corrected chi connectivity index (χ2v) is 5.88. The smallest absolute Gasteiger partial charge is 0.225 e. The van der Waals surface area contributed by atoms with Gasteiger partial charge in [-0.05, 0) is 49.4 Å². The number of piperidine rings is 1. The van der Waals surface area contributed by atoms with Gasteiger partial charge < -0.3 is 10.6 Å². The van der Waals surface area contributed by atoms with Gasteiger partial charge in [-0.15, -0.1) is 0 Å². The average molecular weight is 274 g/mol. The lowest BCUT2D eigenvalue weighted by Gasteiger charge is -2.29. The number of hydrogen-bond acceptors (Lipinski definition) is 2. The SMILES string of the molecule is CCCc1ccc(NC(=O)CC2NCCCC2C)cc1. The van der Waals surface area contributed by atoms with Gasteiger partial charge in [0.15, 0.2) is 0 Å². The number of amides is 1. The molecule has 0 aliphatic carbocycles. The number of benzene rings is 1. The predicted octanol–water partition coefficient (Wildman–Crippen LogP) is 3.36. The molecule has 2 atom stereocenters. The first-order chi connectivity index (χ1) is 9.69. The Morgan fingerprint density at radius 2 is 2.10 bits per heavy atom. The molecule has 1 saturated heterocycles. The van der Waals surface area contributed by atoms with Crippen LogP contribution in [0.1, 0.15) is 45.1 Å². The maximum absolute atomic E-state index is 12.1. The minimum absolute atomic E-state index is 0.111. The summed E-state index contributed by atoms with van der Waals surface area (Å²) in [5.41, 5.74) is 2.23. The zero-order valence-corrected chi connectivity index (χ0v) is 12.6. The van der Waals surface area contributed by atoms with Crippen molar-refractivity contribution >= 4 is 11.6 Å². The van der Waals surface area contributed by atoms with Crippen molar-refractivity contribution in [2.24, 2.45) is 5.92 Å². The first-order valence-corrected chi connectivity index (χ1v) is 7.81. The fraction of sp³-hybridized carbons (Fsp3) is 0.588. The van der Waals surface area contributed by atoms with Crippen molar-refractivity contribution in [3.63, 3.8) is 0 Å². The van der Waals surface area contributed by atoms with Crippen LogP contribution in [-0.4, -0.2) is 18.5 Å². The van der Waals surface area contributed by atoms with E-state index in [-0.39, 0.29) is 5.91 Å². The van der Waals surface area contributed by atoms with Crippen molar-refractivity contribution in [3.8, 4) is 0 Å². The van der Waals surface area contributed by atoms with Crippen LogP contribution in [0.2, 0.25) is 0 Å². The summed E-state index contributed by atoms with van der Waals surface area (Å²) >= 11 is 0. The van der Waals surface area contributed by atoms with Gasteiger partial charge in [0.25, 0.3) is 0 Å². The molecule has 2 rings (SSSR count). The normalized spacial score (nSPS) is 22.5. The Balaban J connectivity index is 1.84. The molecule has 0 aromatic heterocycles. The fourth-order valence-corrected chi connectivity index (χ4v) is 2.84. The molecule has 110 valence electrons. The highest BCUT2D eigenvalue weighted by molar-refractivity contribution is 5.91. The van der Waals surface area contributed by atoms with Crippen LogP contribution in [0.15, 0.2) is 24.3 Å². The Hall–Kier alpha value is -1.35. The first-order valence-electron chi connectivity index (χ1n) is 7.81. The standard InChI is InChI=1S/C17H26N2O/c1-3-5-14-7-9-15(10-8-14)19-17(20)12-16-13(2)6-4-11-18-16/h7-10,13,16,18H,3-6,11-12H2,1-2H3,(H,19,20). The van der Waals surface area contributed by atoms with Crippen LogP contribution in [0, 0.1) is 5.92 Å². The zero-order valence-electron chi connectivity index (χ0n) is 12.6. The summed E-state index contributed by atoms with van der Waals surface area (Å²) in [5, 5.41) is 6.45. The van der Waals surface area contributed by atoms with Crippen molar-refractivity contribution in [3.05, 3.63) is 29.8 Å². The van der Waals surface area contributed by atoms with Crippen LogP contribution in [0.5, 0.6) is 0 Å². The molecule has 3 nitrogen and oxygen atoms in total. The second-order valence-electron chi connectivity index (χ2n) is 5.88. The van der Waals surface area contributed by atoms with Crippen LogP contribution >= 0.6 is 0 Å². The third kappa shape index (κ3) is 4.34. The number of hydrogen-bond donors (Lipinski definition) is 2. The zero-order chi connectivity index (χ0) is 14.4. The van der Waals surface area contributed by atoms with Crippen molar-refractivity contribution < 1.29 is 4.79 Å². The summed E-state index contributed by atoms with van der Waals surface area (Å²) in [6.07, 6.45) is 5.25. The van der Waals surface area contributed by atoms with Crippen LogP contribution in [0.25, 0.3) is 0 Å². The van der Waals surface area contributed by atoms with E-state index in [1.165, 1.54) is 18.4 Å². The quantitative estimate of drug-likeness (QED) is 0.864. The molecule has 3 heteroatoms. The summed E-state index contributed by atoms with van der Waals surface area (Å²) in [5.74, 6) is 0.695. The molecular formula is C17H26N2O. The lowest BCUT2D eigenvalue weighted by Crippen LogP contribution is -2.42. The molecule has 1 fully saturated rings. The highest BCUT2D eigenvalue weighted by Gasteiger charge is 2.23. The topological polar surface area (TPSA) is 41.1 Å². The van der Waals surface area contributed by atoms with Crippen LogP contribution in [-0.2, 0) is 11.2 Å². The fourth-order valence-electron chi connectivity index (χ4n) is 2.84. The highest BCUT2D eigenvalue weighted by atomic mass is 16.1. The molecular weight excluding hydrogens is 248 g/mol. The summed E-state index contributed by atoms with van der Waals surface area (Å²) in [7, 11) is 0. The molecule has 2 N–H and O–H groups in total. The third-order valence-electron chi connectivity index (χ3n) is 4.11. The van der Waals surface area contributed by atoms with E-state index in [2.05, 4.69) is 36.6 Å². The number of aryl methyl sites for hydroxylation is 1. The lowest BCUT2D eigenvalue weighted by atomic mass is 9.90. The van der Waals surface area contributed by atoms with Crippen molar-refractivity contribution in [2.75, 3.05) is 11.9 Å². The molecule has 1 amide bonds. The first kappa shape index (κ1) is 15.0. The lowest BCUT2D eigenvalue weighted by molar-refractivity contribution is -0.117. The summed E-state index contributed by atoms with van der Waals surface area (Å²) in [6, 6.07) is 8.52. The van der Waals surface area contributed by atoms with Gasteiger partial charge in [-0.1, -0.05) is 32.4 Å². The molecule has 1 heterocycles. The predicted molar refractivity (Wildman–Crippen MR) is 83.9 cm³/mol. The number of anilines is 1. The summed E-state index contributed by atoms with van der Waals surface area (Å²) in [6.45, 7) is 5.44. The van der Waals surface area contributed by atoms with E-state index in [9.17, 15) is 4.79 Å². The van der Waals surface area contributed by atoms with E-state index in [0.29, 0.717) is 18.4 Å². The van der Waals surface area contributed by atoms with Crippen LogP contribution in [0.4, 0.5) is 5.69 Å². The monoisotopic (exact) mass is 274 g/mol. The largest absolute Gasteiger partial charge is 0.326 e. The van der Waals surface area contributed by atoms with E-state index in [1.54, 1.807) is 0 Å². The van der Waals surface area contributed by atoms with E-state index >= 15 is 0 Å². The number of carbonyl (C=O) groups excluding carboxylic acids is 1. The van der Waals surface area contributed by atoms with Crippen LogP contribution in [0.3, 0.4) is 0 Å². The minimum atomic E-state index is 0.111. The van der Waals surface area contributed by atoms with Crippen molar-refractivity contribution in [1.29, 1.82) is 0 Å². The highest BCUT2D eigenvalue weighted by Crippen LogP contribution is 2.19. The Labute approximate surface area is 122 Å². The Morgan fingerprint density at radius 3 is 2.75 bits per heavy atom.